The van der Waals surface area contributed by atoms with E-state index in [-0.39, 0.29) is 24.1 Å². The van der Waals surface area contributed by atoms with Crippen LogP contribution in [0.25, 0.3) is 11.0 Å². The number of carbonyl (C=O) groups is 1. The first-order valence-electron chi connectivity index (χ1n) is 10.0. The summed E-state index contributed by atoms with van der Waals surface area (Å²) in [5.41, 5.74) is 4.34. The molecule has 0 radical (unpaired) electrons. The second kappa shape index (κ2) is 9.64. The molecule has 166 valence electrons. The molecule has 1 saturated heterocycles. The lowest BCUT2D eigenvalue weighted by Crippen LogP contribution is -2.30. The summed E-state index contributed by atoms with van der Waals surface area (Å²) in [5.74, 6) is 0.673. The van der Waals surface area contributed by atoms with Crippen molar-refractivity contribution in [2.75, 3.05) is 13.1 Å². The van der Waals surface area contributed by atoms with Crippen molar-refractivity contribution in [1.82, 2.24) is 20.3 Å². The number of rotatable bonds is 6. The number of nitrogens with zero attached hydrogens (tertiary/aromatic N) is 4. The van der Waals surface area contributed by atoms with Gasteiger partial charge in [-0.2, -0.15) is 5.10 Å². The SMILES string of the molecule is O=C(Cn1c(C2CCNCC2)nc2cc(Cl)c(Cl)cc21)N/N=C/c1cccc([N+](=O)[O-])c1. The number of imidazole rings is 1. The summed E-state index contributed by atoms with van der Waals surface area (Å²) in [6.07, 6.45) is 3.19. The van der Waals surface area contributed by atoms with E-state index in [1.807, 2.05) is 4.57 Å². The number of nitro benzene ring substituents is 1. The molecule has 11 heteroatoms. The number of piperidine rings is 1. The monoisotopic (exact) mass is 474 g/mol. The summed E-state index contributed by atoms with van der Waals surface area (Å²) in [6, 6.07) is 9.40. The molecule has 2 heterocycles. The van der Waals surface area contributed by atoms with Crippen LogP contribution in [-0.4, -0.2) is 39.7 Å². The molecule has 2 N–H and O–H groups in total. The lowest BCUT2D eigenvalue weighted by atomic mass is 9.97. The van der Waals surface area contributed by atoms with Gasteiger partial charge in [0.05, 0.1) is 32.2 Å². The van der Waals surface area contributed by atoms with Crippen LogP contribution < -0.4 is 10.7 Å². The molecule has 0 unspecified atom stereocenters. The van der Waals surface area contributed by atoms with Crippen LogP contribution in [0.3, 0.4) is 0 Å². The molecule has 0 aliphatic carbocycles. The largest absolute Gasteiger partial charge is 0.318 e. The molecule has 1 amide bonds. The highest BCUT2D eigenvalue weighted by Crippen LogP contribution is 2.32. The number of nitro groups is 1. The molecule has 0 spiro atoms. The van der Waals surface area contributed by atoms with Crippen LogP contribution in [0.5, 0.6) is 0 Å². The quantitative estimate of drug-likeness (QED) is 0.319. The van der Waals surface area contributed by atoms with Gasteiger partial charge in [-0.1, -0.05) is 35.3 Å². The Balaban J connectivity index is 1.55. The number of hydrazone groups is 1. The third-order valence-electron chi connectivity index (χ3n) is 5.31. The Morgan fingerprint density at radius 1 is 1.28 bits per heavy atom. The first kappa shape index (κ1) is 22.2. The Bertz CT molecular complexity index is 1200. The Labute approximate surface area is 193 Å². The number of hydrogen-bond acceptors (Lipinski definition) is 6. The van der Waals surface area contributed by atoms with Gasteiger partial charge in [-0.05, 0) is 38.1 Å². The summed E-state index contributed by atoms with van der Waals surface area (Å²) in [4.78, 5) is 27.8. The fourth-order valence-corrected chi connectivity index (χ4v) is 4.09. The van der Waals surface area contributed by atoms with E-state index in [4.69, 9.17) is 28.2 Å². The fourth-order valence-electron chi connectivity index (χ4n) is 3.77. The van der Waals surface area contributed by atoms with Crippen molar-refractivity contribution in [3.63, 3.8) is 0 Å². The van der Waals surface area contributed by atoms with Gasteiger partial charge in [-0.3, -0.25) is 14.9 Å². The predicted octanol–water partition coefficient (Wildman–Crippen LogP) is 3.87. The van der Waals surface area contributed by atoms with Crippen LogP contribution in [0.1, 0.15) is 30.1 Å². The zero-order chi connectivity index (χ0) is 22.7. The third-order valence-corrected chi connectivity index (χ3v) is 6.03. The summed E-state index contributed by atoms with van der Waals surface area (Å²) in [5, 5.41) is 19.0. The van der Waals surface area contributed by atoms with Crippen molar-refractivity contribution in [2.45, 2.75) is 25.3 Å². The minimum atomic E-state index is -0.486. The van der Waals surface area contributed by atoms with Gasteiger partial charge in [0, 0.05) is 23.6 Å². The predicted molar refractivity (Wildman–Crippen MR) is 123 cm³/mol. The zero-order valence-electron chi connectivity index (χ0n) is 16.9. The number of aromatic nitrogens is 2. The summed E-state index contributed by atoms with van der Waals surface area (Å²) < 4.78 is 1.85. The van der Waals surface area contributed by atoms with Gasteiger partial charge in [-0.15, -0.1) is 0 Å². The molecular weight excluding hydrogens is 455 g/mol. The van der Waals surface area contributed by atoms with Gasteiger partial charge >= 0.3 is 0 Å². The van der Waals surface area contributed by atoms with E-state index in [1.54, 1.807) is 24.3 Å². The zero-order valence-corrected chi connectivity index (χ0v) is 18.4. The van der Waals surface area contributed by atoms with Crippen LogP contribution in [-0.2, 0) is 11.3 Å². The van der Waals surface area contributed by atoms with E-state index in [0.29, 0.717) is 21.1 Å². The highest BCUT2D eigenvalue weighted by Gasteiger charge is 2.24. The average Bonchev–Trinajstić information content (AvgIpc) is 3.12. The number of hydrogen-bond donors (Lipinski definition) is 2. The number of amides is 1. The maximum Gasteiger partial charge on any atom is 0.270 e. The molecule has 1 aliphatic heterocycles. The average molecular weight is 475 g/mol. The Morgan fingerprint density at radius 3 is 2.78 bits per heavy atom. The van der Waals surface area contributed by atoms with Gasteiger partial charge in [0.1, 0.15) is 12.4 Å². The fraction of sp³-hybridized carbons (Fsp3) is 0.286. The Hall–Kier alpha value is -3.01. The molecular formula is C21H20Cl2N6O3. The van der Waals surface area contributed by atoms with E-state index >= 15 is 0 Å². The van der Waals surface area contributed by atoms with Gasteiger partial charge in [0.2, 0.25) is 0 Å². The Morgan fingerprint density at radius 2 is 2.03 bits per heavy atom. The minimum absolute atomic E-state index is 0.000000630. The van der Waals surface area contributed by atoms with E-state index in [9.17, 15) is 14.9 Å². The second-order valence-electron chi connectivity index (χ2n) is 7.48. The first-order chi connectivity index (χ1) is 15.4. The van der Waals surface area contributed by atoms with E-state index in [1.165, 1.54) is 18.3 Å². The van der Waals surface area contributed by atoms with Crippen molar-refractivity contribution in [2.24, 2.45) is 5.10 Å². The molecule has 3 aromatic rings. The van der Waals surface area contributed by atoms with Crippen LogP contribution in [0.2, 0.25) is 10.0 Å². The lowest BCUT2D eigenvalue weighted by Gasteiger charge is -2.23. The van der Waals surface area contributed by atoms with Crippen molar-refractivity contribution in [3.05, 3.63) is 67.9 Å². The molecule has 1 fully saturated rings. The molecule has 1 aromatic heterocycles. The molecule has 2 aromatic carbocycles. The molecule has 1 aliphatic rings. The Kier molecular flexibility index (Phi) is 6.69. The second-order valence-corrected chi connectivity index (χ2v) is 8.30. The van der Waals surface area contributed by atoms with Gasteiger partial charge in [0.15, 0.2) is 0 Å². The number of nitrogens with one attached hydrogen (secondary N) is 2. The maximum atomic E-state index is 12.7. The van der Waals surface area contributed by atoms with Gasteiger partial charge in [-0.25, -0.2) is 10.4 Å². The number of fused-ring (bicyclic) bond motifs is 1. The summed E-state index contributed by atoms with van der Waals surface area (Å²) >= 11 is 12.4. The topological polar surface area (TPSA) is 114 Å². The molecule has 0 saturated carbocycles. The van der Waals surface area contributed by atoms with Gasteiger partial charge < -0.3 is 9.88 Å². The third kappa shape index (κ3) is 4.90. The van der Waals surface area contributed by atoms with Crippen LogP contribution >= 0.6 is 23.2 Å². The van der Waals surface area contributed by atoms with Crippen LogP contribution in [0.4, 0.5) is 5.69 Å². The van der Waals surface area contributed by atoms with E-state index < -0.39 is 4.92 Å². The summed E-state index contributed by atoms with van der Waals surface area (Å²) in [6.45, 7) is 1.77. The molecule has 4 rings (SSSR count). The highest BCUT2D eigenvalue weighted by molar-refractivity contribution is 6.42. The van der Waals surface area contributed by atoms with Crippen molar-refractivity contribution in [1.29, 1.82) is 0 Å². The van der Waals surface area contributed by atoms with Crippen molar-refractivity contribution in [3.8, 4) is 0 Å². The molecule has 0 atom stereocenters. The van der Waals surface area contributed by atoms with Crippen LogP contribution in [0, 0.1) is 10.1 Å². The van der Waals surface area contributed by atoms with Crippen molar-refractivity contribution >= 4 is 52.0 Å². The molecule has 0 bridgehead atoms. The number of halogens is 2. The highest BCUT2D eigenvalue weighted by atomic mass is 35.5. The summed E-state index contributed by atoms with van der Waals surface area (Å²) in [7, 11) is 0. The number of benzene rings is 2. The number of carbonyl (C=O) groups excluding carboxylic acids is 1. The van der Waals surface area contributed by atoms with Crippen molar-refractivity contribution < 1.29 is 9.72 Å². The first-order valence-corrected chi connectivity index (χ1v) is 10.8. The van der Waals surface area contributed by atoms with Crippen LogP contribution in [0.15, 0.2) is 41.5 Å². The molecule has 32 heavy (non-hydrogen) atoms. The van der Waals surface area contributed by atoms with E-state index in [2.05, 4.69) is 15.8 Å². The normalized spacial score (nSPS) is 14.8. The lowest BCUT2D eigenvalue weighted by molar-refractivity contribution is -0.384. The number of non-ortho nitro benzene ring substituents is 1. The standard InChI is InChI=1S/C21H20Cl2N6O3/c22-16-9-18-19(10-17(16)23)28(21(26-18)14-4-6-24-7-5-14)12-20(30)27-25-11-13-2-1-3-15(8-13)29(31)32/h1-3,8-11,14,24H,4-7,12H2,(H,27,30)/b25-11+. The molecule has 9 nitrogen and oxygen atoms in total. The van der Waals surface area contributed by atoms with E-state index in [0.717, 1.165) is 37.3 Å². The maximum absolute atomic E-state index is 12.7. The van der Waals surface area contributed by atoms with Gasteiger partial charge in [0.25, 0.3) is 11.6 Å². The smallest absolute Gasteiger partial charge is 0.270 e. The minimum Gasteiger partial charge on any atom is -0.318 e.